The number of fused-ring (bicyclic) bond motifs is 4. The highest BCUT2D eigenvalue weighted by atomic mass is 16.6. The number of aliphatic hydroxyl groups excluding tert-OH is 1. The zero-order valence-corrected chi connectivity index (χ0v) is 24.4. The lowest BCUT2D eigenvalue weighted by atomic mass is 9.46. The second-order valence-electron chi connectivity index (χ2n) is 16.1. The van der Waals surface area contributed by atoms with E-state index in [4.69, 9.17) is 9.47 Å². The average Bonchev–Trinajstić information content (AvgIpc) is 3.38. The number of ether oxygens (including phenoxy) is 2. The lowest BCUT2D eigenvalue weighted by Crippen LogP contribution is -2.56. The highest BCUT2D eigenvalue weighted by Crippen LogP contribution is 2.87. The van der Waals surface area contributed by atoms with E-state index in [0.29, 0.717) is 34.0 Å². The summed E-state index contributed by atoms with van der Waals surface area (Å²) in [7, 11) is 0. The molecule has 7 fully saturated rings. The molecule has 1 amide bonds. The van der Waals surface area contributed by atoms with Gasteiger partial charge in [0.25, 0.3) is 0 Å². The van der Waals surface area contributed by atoms with Crippen molar-refractivity contribution < 1.29 is 24.5 Å². The first-order chi connectivity index (χ1) is 17.8. The summed E-state index contributed by atoms with van der Waals surface area (Å²) in [5.41, 5.74) is 0.144. The fourth-order valence-electron chi connectivity index (χ4n) is 11.8. The fraction of sp³-hybridized carbons (Fsp3) is 0.969. The summed E-state index contributed by atoms with van der Waals surface area (Å²) in [6, 6.07) is 0. The molecule has 0 bridgehead atoms. The molecular formula is C32H51NO5. The zero-order valence-electron chi connectivity index (χ0n) is 24.4. The molecule has 5 saturated carbocycles. The van der Waals surface area contributed by atoms with Gasteiger partial charge in [0, 0.05) is 18.5 Å². The second-order valence-corrected chi connectivity index (χ2v) is 16.1. The Morgan fingerprint density at radius 2 is 1.71 bits per heavy atom. The number of likely N-dealkylation sites (tertiary alicyclic amines) is 1. The topological polar surface area (TPSA) is 79.2 Å². The van der Waals surface area contributed by atoms with Crippen molar-refractivity contribution in [3.63, 3.8) is 0 Å². The molecule has 11 atom stereocenters. The van der Waals surface area contributed by atoms with E-state index < -0.39 is 11.7 Å². The molecule has 0 aromatic rings. The van der Waals surface area contributed by atoms with Gasteiger partial charge in [-0.2, -0.15) is 0 Å². The third-order valence-electron chi connectivity index (χ3n) is 14.0. The quantitative estimate of drug-likeness (QED) is 0.502. The van der Waals surface area contributed by atoms with Crippen LogP contribution in [-0.4, -0.2) is 64.3 Å². The minimum absolute atomic E-state index is 0.0290. The molecule has 2 N–H and O–H groups in total. The van der Waals surface area contributed by atoms with Crippen LogP contribution in [-0.2, 0) is 9.47 Å². The van der Waals surface area contributed by atoms with Crippen molar-refractivity contribution in [2.24, 2.45) is 45.3 Å². The molecule has 5 aliphatic carbocycles. The molecule has 0 radical (unpaired) electrons. The summed E-state index contributed by atoms with van der Waals surface area (Å²) in [5, 5.41) is 21.2. The smallest absolute Gasteiger partial charge is 0.410 e. The Hall–Kier alpha value is -0.850. The molecule has 38 heavy (non-hydrogen) atoms. The Morgan fingerprint density at radius 1 is 0.974 bits per heavy atom. The molecule has 8 unspecified atom stereocenters. The van der Waals surface area contributed by atoms with Gasteiger partial charge in [-0.15, -0.1) is 0 Å². The van der Waals surface area contributed by atoms with Crippen molar-refractivity contribution in [2.45, 2.75) is 135 Å². The summed E-state index contributed by atoms with van der Waals surface area (Å²) in [4.78, 5) is 14.6. The molecule has 7 aliphatic rings. The predicted molar refractivity (Wildman–Crippen MR) is 144 cm³/mol. The monoisotopic (exact) mass is 529 g/mol. The lowest BCUT2D eigenvalue weighted by molar-refractivity contribution is -0.177. The molecule has 2 aliphatic heterocycles. The van der Waals surface area contributed by atoms with Crippen LogP contribution in [0.3, 0.4) is 0 Å². The highest BCUT2D eigenvalue weighted by molar-refractivity contribution is 5.68. The van der Waals surface area contributed by atoms with E-state index in [1.165, 1.54) is 38.5 Å². The molecule has 2 heterocycles. The van der Waals surface area contributed by atoms with Crippen LogP contribution >= 0.6 is 0 Å². The number of hydrogen-bond acceptors (Lipinski definition) is 5. The first kappa shape index (κ1) is 26.1. The van der Waals surface area contributed by atoms with Gasteiger partial charge in [-0.05, 0) is 124 Å². The fourth-order valence-corrected chi connectivity index (χ4v) is 11.8. The second kappa shape index (κ2) is 8.12. The van der Waals surface area contributed by atoms with Crippen LogP contribution in [0.4, 0.5) is 4.79 Å². The van der Waals surface area contributed by atoms with Crippen LogP contribution in [0.15, 0.2) is 0 Å². The van der Waals surface area contributed by atoms with Crippen molar-refractivity contribution in [3.05, 3.63) is 0 Å². The van der Waals surface area contributed by atoms with Gasteiger partial charge in [0.15, 0.2) is 0 Å². The largest absolute Gasteiger partial charge is 0.446 e. The number of carbonyl (C=O) groups is 1. The van der Waals surface area contributed by atoms with Gasteiger partial charge in [-0.25, -0.2) is 4.79 Å². The van der Waals surface area contributed by atoms with Gasteiger partial charge in [0.05, 0.1) is 17.8 Å². The van der Waals surface area contributed by atoms with E-state index in [1.807, 2.05) is 4.90 Å². The summed E-state index contributed by atoms with van der Waals surface area (Å²) < 4.78 is 12.8. The van der Waals surface area contributed by atoms with Crippen molar-refractivity contribution in [2.75, 3.05) is 13.1 Å². The summed E-state index contributed by atoms with van der Waals surface area (Å²) >= 11 is 0. The maximum atomic E-state index is 12.7. The first-order valence-electron chi connectivity index (χ1n) is 15.8. The van der Waals surface area contributed by atoms with Crippen molar-refractivity contribution in [3.8, 4) is 0 Å². The van der Waals surface area contributed by atoms with E-state index >= 15 is 0 Å². The van der Waals surface area contributed by atoms with E-state index in [9.17, 15) is 15.0 Å². The van der Waals surface area contributed by atoms with Crippen LogP contribution < -0.4 is 0 Å². The Balaban J connectivity index is 1.09. The molecule has 2 spiro atoms. The van der Waals surface area contributed by atoms with E-state index in [1.54, 1.807) is 13.8 Å². The molecule has 0 aromatic heterocycles. The van der Waals surface area contributed by atoms with Crippen LogP contribution in [0.1, 0.15) is 105 Å². The molecule has 6 heteroatoms. The Kier molecular flexibility index (Phi) is 5.57. The molecule has 214 valence electrons. The summed E-state index contributed by atoms with van der Waals surface area (Å²) in [6.45, 7) is 12.5. The Morgan fingerprint density at radius 3 is 2.39 bits per heavy atom. The van der Waals surface area contributed by atoms with Gasteiger partial charge in [0.2, 0.25) is 0 Å². The van der Waals surface area contributed by atoms with E-state index in [0.717, 1.165) is 51.1 Å². The highest BCUT2D eigenvalue weighted by Gasteiger charge is 2.81. The number of rotatable bonds is 3. The maximum absolute atomic E-state index is 12.7. The van der Waals surface area contributed by atoms with Crippen molar-refractivity contribution >= 4 is 6.09 Å². The molecule has 2 saturated heterocycles. The van der Waals surface area contributed by atoms with E-state index in [2.05, 4.69) is 20.8 Å². The van der Waals surface area contributed by atoms with Gasteiger partial charge in [-0.3, -0.25) is 0 Å². The Labute approximate surface area is 229 Å². The lowest BCUT2D eigenvalue weighted by Gasteiger charge is -2.59. The van der Waals surface area contributed by atoms with E-state index in [-0.39, 0.29) is 29.8 Å². The molecule has 6 nitrogen and oxygen atoms in total. The first-order valence-corrected chi connectivity index (χ1v) is 15.8. The maximum Gasteiger partial charge on any atom is 0.410 e. The van der Waals surface area contributed by atoms with Gasteiger partial charge >= 0.3 is 6.09 Å². The number of hydrogen-bond donors (Lipinski definition) is 2. The van der Waals surface area contributed by atoms with Gasteiger partial charge < -0.3 is 24.6 Å². The minimum atomic E-state index is -1.13. The van der Waals surface area contributed by atoms with Gasteiger partial charge in [-0.1, -0.05) is 20.8 Å². The van der Waals surface area contributed by atoms with Crippen molar-refractivity contribution in [1.82, 2.24) is 4.90 Å². The third-order valence-corrected chi connectivity index (χ3v) is 14.0. The van der Waals surface area contributed by atoms with Crippen LogP contribution in [0, 0.1) is 45.3 Å². The minimum Gasteiger partial charge on any atom is -0.446 e. The van der Waals surface area contributed by atoms with Crippen LogP contribution in [0.25, 0.3) is 0 Å². The number of aliphatic hydroxyl groups is 2. The van der Waals surface area contributed by atoms with Crippen molar-refractivity contribution in [1.29, 1.82) is 0 Å². The standard InChI is InChI=1S/C32H51NO5/c1-28(2)24-10-8-19-21-17-23-20(7-9-22(37-23)26(34)29(3,4)36)30(21,5)13-14-31(19)18-32(24,31)12-11-25(28)38-27(35)33-15-6-16-33/h19-26,34,36H,6-18H2,1-5H3/t19?,20?,21?,22?,23?,24?,25-,26-,30?,31-,32?/m0/s1. The zero-order chi connectivity index (χ0) is 26.9. The Bertz CT molecular complexity index is 987. The summed E-state index contributed by atoms with van der Waals surface area (Å²) in [5.74, 6) is 2.70. The SMILES string of the molecule is CC12CC[C@@]34CC35CC[C@H](OC(=O)N3CCC3)C(C)(C)C5CCC4C1CC1OC([C@H](O)C(C)(C)O)CCC12. The molecule has 0 aromatic carbocycles. The van der Waals surface area contributed by atoms with Gasteiger partial charge in [0.1, 0.15) is 12.2 Å². The number of carbonyl (C=O) groups excluding carboxylic acids is 1. The number of amides is 1. The van der Waals surface area contributed by atoms with Crippen LogP contribution in [0.5, 0.6) is 0 Å². The normalized spacial score (nSPS) is 51.3. The summed E-state index contributed by atoms with van der Waals surface area (Å²) in [6.07, 6.45) is 12.1. The average molecular weight is 530 g/mol. The predicted octanol–water partition coefficient (Wildman–Crippen LogP) is 5.54. The third kappa shape index (κ3) is 3.32. The molecule has 7 rings (SSSR count). The molecular weight excluding hydrogens is 478 g/mol. The number of nitrogens with zero attached hydrogens (tertiary/aromatic N) is 1. The van der Waals surface area contributed by atoms with Crippen LogP contribution in [0.2, 0.25) is 0 Å².